The lowest BCUT2D eigenvalue weighted by molar-refractivity contribution is -0.127. The van der Waals surface area contributed by atoms with Crippen molar-refractivity contribution in [3.63, 3.8) is 0 Å². The summed E-state index contributed by atoms with van der Waals surface area (Å²) < 4.78 is 5.48. The van der Waals surface area contributed by atoms with Gasteiger partial charge < -0.3 is 19.5 Å². The Morgan fingerprint density at radius 3 is 2.37 bits per heavy atom. The highest BCUT2D eigenvalue weighted by Crippen LogP contribution is 2.37. The van der Waals surface area contributed by atoms with Crippen molar-refractivity contribution in [3.05, 3.63) is 70.9 Å². The molecule has 0 bridgehead atoms. The molecule has 0 radical (unpaired) electrons. The number of ketones is 1. The van der Waals surface area contributed by atoms with Crippen LogP contribution in [-0.2, 0) is 4.79 Å². The van der Waals surface area contributed by atoms with Crippen LogP contribution in [-0.4, -0.2) is 70.7 Å². The number of methoxy groups -OCH3 is 1. The minimum atomic E-state index is -0.614. The number of hydrogen-bond acceptors (Lipinski definition) is 6. The first-order valence-corrected chi connectivity index (χ1v) is 12.1. The van der Waals surface area contributed by atoms with Gasteiger partial charge in [0.15, 0.2) is 0 Å². The standard InChI is InChI=1S/C26H24N4O4S/c1-16-8-9-20(35-16)22-23-21(19(34-2)15-28-22)18(14-27-23)24(31)26(33)30-12-10-29(11-13-30)25(32)17-6-4-3-5-7-17/h3-9,14-15,27H,10-13H2,1-2H3. The molecule has 1 aliphatic rings. The number of Topliss-reactive ketones (excluding diaryl/α,β-unsaturated/α-hetero) is 1. The molecule has 9 heteroatoms. The first-order valence-electron chi connectivity index (χ1n) is 11.3. The molecular formula is C26H24N4O4S. The van der Waals surface area contributed by atoms with E-state index in [0.29, 0.717) is 54.1 Å². The third-order valence-corrected chi connectivity index (χ3v) is 7.19. The Morgan fingerprint density at radius 2 is 1.71 bits per heavy atom. The van der Waals surface area contributed by atoms with Gasteiger partial charge in [-0.1, -0.05) is 18.2 Å². The van der Waals surface area contributed by atoms with Gasteiger partial charge in [-0.05, 0) is 31.2 Å². The number of H-pyrrole nitrogens is 1. The molecule has 178 valence electrons. The van der Waals surface area contributed by atoms with Crippen LogP contribution in [0.15, 0.2) is 54.9 Å². The Morgan fingerprint density at radius 1 is 1.00 bits per heavy atom. The van der Waals surface area contributed by atoms with Gasteiger partial charge in [0.05, 0.1) is 34.7 Å². The average Bonchev–Trinajstić information content (AvgIpc) is 3.54. The molecule has 4 aromatic rings. The number of aromatic nitrogens is 2. The Labute approximate surface area is 206 Å². The summed E-state index contributed by atoms with van der Waals surface area (Å²) in [6.07, 6.45) is 3.13. The van der Waals surface area contributed by atoms with Crippen LogP contribution in [0.5, 0.6) is 5.75 Å². The monoisotopic (exact) mass is 488 g/mol. The van der Waals surface area contributed by atoms with Gasteiger partial charge in [-0.15, -0.1) is 11.3 Å². The number of benzene rings is 1. The number of hydrogen-bond donors (Lipinski definition) is 1. The van der Waals surface area contributed by atoms with Gasteiger partial charge in [-0.3, -0.25) is 14.4 Å². The Balaban J connectivity index is 1.37. The van der Waals surface area contributed by atoms with Crippen LogP contribution in [0.2, 0.25) is 0 Å². The number of rotatable bonds is 5. The Bertz CT molecular complexity index is 1420. The maximum Gasteiger partial charge on any atom is 0.295 e. The Kier molecular flexibility index (Phi) is 6.08. The van der Waals surface area contributed by atoms with E-state index >= 15 is 0 Å². The van der Waals surface area contributed by atoms with Gasteiger partial charge in [-0.25, -0.2) is 4.98 Å². The van der Waals surface area contributed by atoms with Crippen molar-refractivity contribution < 1.29 is 19.1 Å². The minimum absolute atomic E-state index is 0.0748. The number of aryl methyl sites for hydroxylation is 1. The van der Waals surface area contributed by atoms with Crippen LogP contribution < -0.4 is 4.74 Å². The number of nitrogens with zero attached hydrogens (tertiary/aromatic N) is 3. The van der Waals surface area contributed by atoms with Crippen molar-refractivity contribution in [2.75, 3.05) is 33.3 Å². The molecule has 1 N–H and O–H groups in total. The first kappa shape index (κ1) is 22.8. The molecule has 4 heterocycles. The fourth-order valence-electron chi connectivity index (χ4n) is 4.34. The lowest BCUT2D eigenvalue weighted by atomic mass is 10.1. The molecule has 0 aliphatic carbocycles. The molecular weight excluding hydrogens is 464 g/mol. The zero-order valence-corrected chi connectivity index (χ0v) is 20.2. The quantitative estimate of drug-likeness (QED) is 0.341. The third-order valence-electron chi connectivity index (χ3n) is 6.18. The van der Waals surface area contributed by atoms with E-state index in [9.17, 15) is 14.4 Å². The van der Waals surface area contributed by atoms with Crippen LogP contribution in [0.25, 0.3) is 21.5 Å². The Hall–Kier alpha value is -3.98. The van der Waals surface area contributed by atoms with Gasteiger partial charge in [-0.2, -0.15) is 0 Å². The number of carbonyl (C=O) groups excluding carboxylic acids is 3. The number of amides is 2. The molecule has 0 spiro atoms. The lowest BCUT2D eigenvalue weighted by Crippen LogP contribution is -2.52. The summed E-state index contributed by atoms with van der Waals surface area (Å²) in [5, 5.41) is 0.541. The highest BCUT2D eigenvalue weighted by molar-refractivity contribution is 7.15. The van der Waals surface area contributed by atoms with Gasteiger partial charge >= 0.3 is 0 Å². The van der Waals surface area contributed by atoms with E-state index in [1.54, 1.807) is 40.8 Å². The normalized spacial score (nSPS) is 13.8. The highest BCUT2D eigenvalue weighted by Gasteiger charge is 2.31. The summed E-state index contributed by atoms with van der Waals surface area (Å²) in [6.45, 7) is 3.35. The average molecular weight is 489 g/mol. The molecule has 3 aromatic heterocycles. The number of aromatic amines is 1. The van der Waals surface area contributed by atoms with E-state index < -0.39 is 11.7 Å². The van der Waals surface area contributed by atoms with E-state index in [0.717, 1.165) is 9.75 Å². The molecule has 0 unspecified atom stereocenters. The number of fused-ring (bicyclic) bond motifs is 1. The molecule has 1 saturated heterocycles. The van der Waals surface area contributed by atoms with Gasteiger partial charge in [0, 0.05) is 42.8 Å². The van der Waals surface area contributed by atoms with Crippen molar-refractivity contribution in [2.45, 2.75) is 6.92 Å². The molecule has 1 aromatic carbocycles. The van der Waals surface area contributed by atoms with Gasteiger partial charge in [0.25, 0.3) is 17.6 Å². The molecule has 2 amide bonds. The number of piperazine rings is 1. The van der Waals surface area contributed by atoms with Crippen molar-refractivity contribution in [1.82, 2.24) is 19.8 Å². The van der Waals surface area contributed by atoms with E-state index in [1.165, 1.54) is 12.0 Å². The molecule has 1 aliphatic heterocycles. The zero-order chi connectivity index (χ0) is 24.5. The SMILES string of the molecule is COc1cnc(-c2ccc(C)s2)c2[nH]cc(C(=O)C(=O)N3CCN(C(=O)c4ccccc4)CC3)c12. The molecule has 35 heavy (non-hydrogen) atoms. The van der Waals surface area contributed by atoms with Crippen LogP contribution in [0.3, 0.4) is 0 Å². The number of pyridine rings is 1. The fraction of sp³-hybridized carbons (Fsp3) is 0.231. The van der Waals surface area contributed by atoms with Crippen molar-refractivity contribution in [3.8, 4) is 16.3 Å². The van der Waals surface area contributed by atoms with E-state index in [4.69, 9.17) is 4.74 Å². The summed E-state index contributed by atoms with van der Waals surface area (Å²) in [5.41, 5.74) is 2.22. The highest BCUT2D eigenvalue weighted by atomic mass is 32.1. The number of ether oxygens (including phenoxy) is 1. The lowest BCUT2D eigenvalue weighted by Gasteiger charge is -2.34. The predicted molar refractivity (Wildman–Crippen MR) is 134 cm³/mol. The van der Waals surface area contributed by atoms with Crippen molar-refractivity contribution in [1.29, 1.82) is 0 Å². The number of thiophene rings is 1. The van der Waals surface area contributed by atoms with Crippen LogP contribution in [0.4, 0.5) is 0 Å². The molecule has 1 fully saturated rings. The van der Waals surface area contributed by atoms with E-state index in [2.05, 4.69) is 9.97 Å². The maximum atomic E-state index is 13.3. The van der Waals surface area contributed by atoms with Crippen LogP contribution in [0, 0.1) is 6.92 Å². The number of carbonyl (C=O) groups is 3. The fourth-order valence-corrected chi connectivity index (χ4v) is 5.21. The smallest absolute Gasteiger partial charge is 0.295 e. The summed E-state index contributed by atoms with van der Waals surface area (Å²) in [5.74, 6) is -0.857. The number of nitrogens with one attached hydrogen (secondary N) is 1. The summed E-state index contributed by atoms with van der Waals surface area (Å²) in [6, 6.07) is 13.0. The zero-order valence-electron chi connectivity index (χ0n) is 19.4. The largest absolute Gasteiger partial charge is 0.494 e. The maximum absolute atomic E-state index is 13.3. The van der Waals surface area contributed by atoms with Gasteiger partial charge in [0.1, 0.15) is 11.4 Å². The molecule has 0 saturated carbocycles. The van der Waals surface area contributed by atoms with E-state index in [1.807, 2.05) is 37.3 Å². The van der Waals surface area contributed by atoms with Crippen molar-refractivity contribution in [2.24, 2.45) is 0 Å². The third kappa shape index (κ3) is 4.19. The molecule has 5 rings (SSSR count). The van der Waals surface area contributed by atoms with Crippen LogP contribution in [0.1, 0.15) is 25.6 Å². The summed E-state index contributed by atoms with van der Waals surface area (Å²) >= 11 is 1.60. The molecule has 8 nitrogen and oxygen atoms in total. The predicted octanol–water partition coefficient (Wildman–Crippen LogP) is 3.78. The first-order chi connectivity index (χ1) is 17.0. The topological polar surface area (TPSA) is 95.6 Å². The summed E-state index contributed by atoms with van der Waals surface area (Å²) in [4.78, 5) is 52.1. The van der Waals surface area contributed by atoms with Gasteiger partial charge in [0.2, 0.25) is 0 Å². The second-order valence-corrected chi connectivity index (χ2v) is 9.61. The molecule has 0 atom stereocenters. The van der Waals surface area contributed by atoms with Crippen molar-refractivity contribution >= 4 is 39.8 Å². The summed E-state index contributed by atoms with van der Waals surface area (Å²) in [7, 11) is 1.51. The van der Waals surface area contributed by atoms with E-state index in [-0.39, 0.29) is 11.5 Å². The minimum Gasteiger partial charge on any atom is -0.494 e. The van der Waals surface area contributed by atoms with Crippen LogP contribution >= 0.6 is 11.3 Å². The second kappa shape index (κ2) is 9.34. The second-order valence-electron chi connectivity index (χ2n) is 8.32.